The molecule has 2 aromatic carbocycles. The molecule has 1 heterocycles. The number of nitrogens with zero attached hydrogens (tertiary/aromatic N) is 2. The largest absolute Gasteiger partial charge is 0.493 e. The van der Waals surface area contributed by atoms with Crippen LogP contribution in [0.3, 0.4) is 0 Å². The molecule has 8 nitrogen and oxygen atoms in total. The Morgan fingerprint density at radius 3 is 2.19 bits per heavy atom. The fourth-order valence-electron chi connectivity index (χ4n) is 2.46. The van der Waals surface area contributed by atoms with E-state index in [4.69, 9.17) is 18.8 Å². The van der Waals surface area contributed by atoms with Crippen molar-refractivity contribution in [2.24, 2.45) is 0 Å². The lowest BCUT2D eigenvalue weighted by atomic mass is 10.1. The molecule has 0 unspecified atom stereocenters. The first kappa shape index (κ1) is 18.2. The van der Waals surface area contributed by atoms with Crippen LogP contribution in [-0.2, 0) is 0 Å². The van der Waals surface area contributed by atoms with Crippen LogP contribution in [0, 0.1) is 5.82 Å². The normalized spacial score (nSPS) is 10.4. The molecular formula is C18H16FN3O5. The molecule has 0 saturated heterocycles. The van der Waals surface area contributed by atoms with Gasteiger partial charge in [-0.1, -0.05) is 0 Å². The molecule has 27 heavy (non-hydrogen) atoms. The van der Waals surface area contributed by atoms with Crippen molar-refractivity contribution in [3.05, 3.63) is 47.8 Å². The van der Waals surface area contributed by atoms with E-state index in [1.165, 1.54) is 57.7 Å². The van der Waals surface area contributed by atoms with Gasteiger partial charge in [-0.2, -0.15) is 0 Å². The molecule has 0 aliphatic carbocycles. The highest BCUT2D eigenvalue weighted by Gasteiger charge is 2.20. The van der Waals surface area contributed by atoms with Crippen LogP contribution in [0.25, 0.3) is 11.3 Å². The van der Waals surface area contributed by atoms with Crippen LogP contribution in [0.15, 0.2) is 41.0 Å². The molecule has 1 amide bonds. The molecule has 3 aromatic rings. The third kappa shape index (κ3) is 3.66. The SMILES string of the molecule is COc1cc(C(=O)Nc2nonc2-c2ccc(F)cc2)cc(OC)c1OC. The Morgan fingerprint density at radius 1 is 1.00 bits per heavy atom. The number of anilines is 1. The van der Waals surface area contributed by atoms with E-state index in [9.17, 15) is 9.18 Å². The van der Waals surface area contributed by atoms with Gasteiger partial charge < -0.3 is 19.5 Å². The van der Waals surface area contributed by atoms with E-state index >= 15 is 0 Å². The maximum Gasteiger partial charge on any atom is 0.257 e. The van der Waals surface area contributed by atoms with Gasteiger partial charge in [-0.25, -0.2) is 9.02 Å². The van der Waals surface area contributed by atoms with E-state index in [1.807, 2.05) is 0 Å². The van der Waals surface area contributed by atoms with Gasteiger partial charge in [0.2, 0.25) is 11.6 Å². The molecule has 1 N–H and O–H groups in total. The molecule has 0 aliphatic rings. The Morgan fingerprint density at radius 2 is 1.63 bits per heavy atom. The molecule has 0 radical (unpaired) electrons. The molecule has 0 spiro atoms. The highest BCUT2D eigenvalue weighted by atomic mass is 19.1. The Hall–Kier alpha value is -3.62. The average Bonchev–Trinajstić information content (AvgIpc) is 3.15. The van der Waals surface area contributed by atoms with E-state index in [1.54, 1.807) is 0 Å². The summed E-state index contributed by atoms with van der Waals surface area (Å²) in [5.41, 5.74) is 1.06. The quantitative estimate of drug-likeness (QED) is 0.709. The Balaban J connectivity index is 1.91. The number of carbonyl (C=O) groups excluding carboxylic acids is 1. The first-order chi connectivity index (χ1) is 13.1. The third-order valence-corrected chi connectivity index (χ3v) is 3.77. The van der Waals surface area contributed by atoms with Gasteiger partial charge in [0.05, 0.1) is 21.3 Å². The van der Waals surface area contributed by atoms with Crippen molar-refractivity contribution in [2.45, 2.75) is 0 Å². The van der Waals surface area contributed by atoms with Gasteiger partial charge in [0.15, 0.2) is 17.2 Å². The predicted octanol–water partition coefficient (Wildman–Crippen LogP) is 3.15. The lowest BCUT2D eigenvalue weighted by Crippen LogP contribution is -2.13. The van der Waals surface area contributed by atoms with Crippen molar-refractivity contribution in [1.82, 2.24) is 10.3 Å². The van der Waals surface area contributed by atoms with E-state index in [2.05, 4.69) is 15.6 Å². The molecule has 9 heteroatoms. The third-order valence-electron chi connectivity index (χ3n) is 3.77. The van der Waals surface area contributed by atoms with Gasteiger partial charge in [-0.3, -0.25) is 4.79 Å². The predicted molar refractivity (Wildman–Crippen MR) is 93.7 cm³/mol. The number of aromatic nitrogens is 2. The topological polar surface area (TPSA) is 95.7 Å². The summed E-state index contributed by atoms with van der Waals surface area (Å²) in [4.78, 5) is 12.7. The summed E-state index contributed by atoms with van der Waals surface area (Å²) in [6.07, 6.45) is 0. The van der Waals surface area contributed by atoms with E-state index in [-0.39, 0.29) is 17.1 Å². The highest BCUT2D eigenvalue weighted by molar-refractivity contribution is 6.06. The lowest BCUT2D eigenvalue weighted by Gasteiger charge is -2.13. The Bertz CT molecular complexity index is 931. The Labute approximate surface area is 153 Å². The van der Waals surface area contributed by atoms with Crippen molar-refractivity contribution < 1.29 is 28.0 Å². The number of carbonyl (C=O) groups is 1. The van der Waals surface area contributed by atoms with Crippen LogP contribution in [0.5, 0.6) is 17.2 Å². The molecule has 1 aromatic heterocycles. The Kier molecular flexibility index (Phi) is 5.20. The smallest absolute Gasteiger partial charge is 0.257 e. The molecule has 0 fully saturated rings. The number of ether oxygens (including phenoxy) is 3. The zero-order valence-electron chi connectivity index (χ0n) is 14.8. The fourth-order valence-corrected chi connectivity index (χ4v) is 2.46. The summed E-state index contributed by atoms with van der Waals surface area (Å²) in [6.45, 7) is 0. The number of rotatable bonds is 6. The van der Waals surface area contributed by atoms with Crippen molar-refractivity contribution in [3.8, 4) is 28.5 Å². The summed E-state index contributed by atoms with van der Waals surface area (Å²) < 4.78 is 33.5. The summed E-state index contributed by atoms with van der Waals surface area (Å²) in [5.74, 6) is 0.247. The number of nitrogens with one attached hydrogen (secondary N) is 1. The van der Waals surface area contributed by atoms with Gasteiger partial charge in [-0.05, 0) is 46.7 Å². The minimum absolute atomic E-state index is 0.0976. The van der Waals surface area contributed by atoms with Crippen LogP contribution >= 0.6 is 0 Å². The lowest BCUT2D eigenvalue weighted by molar-refractivity contribution is 0.102. The number of halogens is 1. The zero-order valence-corrected chi connectivity index (χ0v) is 14.8. The molecular weight excluding hydrogens is 357 g/mol. The first-order valence-corrected chi connectivity index (χ1v) is 7.77. The fraction of sp³-hybridized carbons (Fsp3) is 0.167. The second-order valence-corrected chi connectivity index (χ2v) is 5.34. The maximum absolute atomic E-state index is 13.1. The van der Waals surface area contributed by atoms with Crippen molar-refractivity contribution in [1.29, 1.82) is 0 Å². The van der Waals surface area contributed by atoms with Gasteiger partial charge in [0.1, 0.15) is 5.82 Å². The van der Waals surface area contributed by atoms with Crippen LogP contribution in [0.4, 0.5) is 10.2 Å². The molecule has 0 saturated carbocycles. The molecule has 0 bridgehead atoms. The molecule has 0 aliphatic heterocycles. The summed E-state index contributed by atoms with van der Waals surface area (Å²) in [6, 6.07) is 8.56. The van der Waals surface area contributed by atoms with E-state index < -0.39 is 11.7 Å². The summed E-state index contributed by atoms with van der Waals surface area (Å²) in [7, 11) is 4.37. The van der Waals surface area contributed by atoms with Crippen molar-refractivity contribution in [3.63, 3.8) is 0 Å². The average molecular weight is 373 g/mol. The number of methoxy groups -OCH3 is 3. The summed E-state index contributed by atoms with van der Waals surface area (Å²) >= 11 is 0. The van der Waals surface area contributed by atoms with Crippen molar-refractivity contribution in [2.75, 3.05) is 26.6 Å². The van der Waals surface area contributed by atoms with Gasteiger partial charge in [0, 0.05) is 11.1 Å². The van der Waals surface area contributed by atoms with Crippen LogP contribution in [-0.4, -0.2) is 37.5 Å². The maximum atomic E-state index is 13.1. The van der Waals surface area contributed by atoms with Gasteiger partial charge in [0.25, 0.3) is 5.91 Å². The summed E-state index contributed by atoms with van der Waals surface area (Å²) in [5, 5.41) is 10.1. The minimum atomic E-state index is -0.492. The standard InChI is InChI=1S/C18H16FN3O5/c1-24-13-8-11(9-14(25-2)16(13)26-3)18(23)20-17-15(21-27-22-17)10-4-6-12(19)7-5-10/h4-9H,1-3H3,(H,20,22,23). The van der Waals surface area contributed by atoms with Crippen LogP contribution in [0.1, 0.15) is 10.4 Å². The number of hydrogen-bond donors (Lipinski definition) is 1. The van der Waals surface area contributed by atoms with Crippen LogP contribution < -0.4 is 19.5 Å². The van der Waals surface area contributed by atoms with Gasteiger partial charge in [-0.15, -0.1) is 0 Å². The number of amides is 1. The molecule has 3 rings (SSSR count). The van der Waals surface area contributed by atoms with Crippen molar-refractivity contribution >= 4 is 11.7 Å². The second kappa shape index (κ2) is 7.73. The molecule has 0 atom stereocenters. The van der Waals surface area contributed by atoms with E-state index in [0.717, 1.165) is 0 Å². The highest BCUT2D eigenvalue weighted by Crippen LogP contribution is 2.38. The first-order valence-electron chi connectivity index (χ1n) is 7.77. The monoisotopic (exact) mass is 373 g/mol. The zero-order chi connectivity index (χ0) is 19.4. The van der Waals surface area contributed by atoms with E-state index in [0.29, 0.717) is 22.8 Å². The number of benzene rings is 2. The second-order valence-electron chi connectivity index (χ2n) is 5.34. The van der Waals surface area contributed by atoms with Crippen LogP contribution in [0.2, 0.25) is 0 Å². The minimum Gasteiger partial charge on any atom is -0.493 e. The number of hydrogen-bond acceptors (Lipinski definition) is 7. The van der Waals surface area contributed by atoms with Gasteiger partial charge >= 0.3 is 0 Å². The molecule has 140 valence electrons.